The molecule has 2 unspecified atom stereocenters. The topological polar surface area (TPSA) is 98.5 Å². The first kappa shape index (κ1) is 15.9. The lowest BCUT2D eigenvalue weighted by molar-refractivity contribution is 0.0727. The first-order valence-electron chi connectivity index (χ1n) is 6.39. The van der Waals surface area contributed by atoms with Gasteiger partial charge >= 0.3 is 0 Å². The molecule has 1 aliphatic heterocycles. The molecule has 6 nitrogen and oxygen atoms in total. The van der Waals surface area contributed by atoms with Crippen LogP contribution < -0.4 is 10.5 Å². The van der Waals surface area contributed by atoms with Crippen molar-refractivity contribution in [3.63, 3.8) is 0 Å². The number of hydrogen-bond donors (Lipinski definition) is 2. The fraction of sp³-hybridized carbons (Fsp3) is 0.462. The molecule has 0 saturated carbocycles. The third kappa shape index (κ3) is 3.39. The second-order valence-electron chi connectivity index (χ2n) is 5.36. The van der Waals surface area contributed by atoms with Gasteiger partial charge in [-0.3, -0.25) is 4.79 Å². The van der Waals surface area contributed by atoms with E-state index in [2.05, 4.69) is 5.32 Å². The van der Waals surface area contributed by atoms with Crippen molar-refractivity contribution in [2.24, 2.45) is 5.14 Å². The molecule has 8 heteroatoms. The van der Waals surface area contributed by atoms with Crippen LogP contribution in [0.1, 0.15) is 30.6 Å². The van der Waals surface area contributed by atoms with Gasteiger partial charge in [0.2, 0.25) is 10.0 Å². The van der Waals surface area contributed by atoms with E-state index in [1.165, 1.54) is 0 Å². The van der Waals surface area contributed by atoms with Gasteiger partial charge in [-0.2, -0.15) is 0 Å². The van der Waals surface area contributed by atoms with E-state index in [0.29, 0.717) is 13.0 Å². The Morgan fingerprint density at radius 2 is 2.14 bits per heavy atom. The van der Waals surface area contributed by atoms with Gasteiger partial charge in [-0.15, -0.1) is 0 Å². The fourth-order valence-electron chi connectivity index (χ4n) is 2.19. The van der Waals surface area contributed by atoms with Gasteiger partial charge in [-0.25, -0.2) is 17.9 Å². The van der Waals surface area contributed by atoms with Crippen LogP contribution in [0, 0.1) is 5.82 Å². The molecule has 0 radical (unpaired) electrons. The Hall–Kier alpha value is -1.51. The summed E-state index contributed by atoms with van der Waals surface area (Å²) in [5.41, 5.74) is -0.676. The maximum atomic E-state index is 13.5. The smallest absolute Gasteiger partial charge is 0.251 e. The Balaban J connectivity index is 2.30. The summed E-state index contributed by atoms with van der Waals surface area (Å²) in [7, 11) is -4.08. The van der Waals surface area contributed by atoms with Crippen LogP contribution in [0.5, 0.6) is 0 Å². The molecule has 2 rings (SSSR count). The highest BCUT2D eigenvalue weighted by Crippen LogP contribution is 2.25. The average molecular weight is 316 g/mol. The van der Waals surface area contributed by atoms with Crippen molar-refractivity contribution in [2.45, 2.75) is 36.8 Å². The first-order valence-corrected chi connectivity index (χ1v) is 7.94. The van der Waals surface area contributed by atoms with Gasteiger partial charge in [0.05, 0.1) is 16.5 Å². The van der Waals surface area contributed by atoms with Gasteiger partial charge in [0.15, 0.2) is 0 Å². The molecule has 1 fully saturated rings. The molecule has 2 atom stereocenters. The van der Waals surface area contributed by atoms with Gasteiger partial charge in [0.25, 0.3) is 5.91 Å². The van der Waals surface area contributed by atoms with E-state index in [-0.39, 0.29) is 11.7 Å². The number of carbonyl (C=O) groups excluding carboxylic acids is 1. The van der Waals surface area contributed by atoms with Crippen LogP contribution in [0.15, 0.2) is 23.1 Å². The van der Waals surface area contributed by atoms with Crippen LogP contribution in [0.2, 0.25) is 0 Å². The van der Waals surface area contributed by atoms with Gasteiger partial charge < -0.3 is 10.1 Å². The molecule has 0 aromatic heterocycles. The molecule has 1 aliphatic rings. The van der Waals surface area contributed by atoms with E-state index in [0.717, 1.165) is 18.2 Å². The average Bonchev–Trinajstić information content (AvgIpc) is 2.67. The molecule has 0 spiro atoms. The van der Waals surface area contributed by atoms with E-state index in [1.807, 2.05) is 13.8 Å². The Kier molecular flexibility index (Phi) is 4.05. The highest BCUT2D eigenvalue weighted by Gasteiger charge is 2.38. The number of primary sulfonamides is 1. The third-order valence-electron chi connectivity index (χ3n) is 3.75. The number of sulfonamides is 1. The molecule has 0 aliphatic carbocycles. The van der Waals surface area contributed by atoms with E-state index in [1.54, 1.807) is 0 Å². The van der Waals surface area contributed by atoms with Crippen molar-refractivity contribution < 1.29 is 22.3 Å². The molecular weight excluding hydrogens is 299 g/mol. The summed E-state index contributed by atoms with van der Waals surface area (Å²) in [5, 5.41) is 7.72. The zero-order valence-corrected chi connectivity index (χ0v) is 12.5. The lowest BCUT2D eigenvalue weighted by Gasteiger charge is -2.28. The van der Waals surface area contributed by atoms with Crippen molar-refractivity contribution in [1.82, 2.24) is 5.32 Å². The summed E-state index contributed by atoms with van der Waals surface area (Å²) in [6.45, 7) is 4.17. The highest BCUT2D eigenvalue weighted by molar-refractivity contribution is 7.89. The molecule has 1 aromatic rings. The summed E-state index contributed by atoms with van der Waals surface area (Å²) in [5.74, 6) is -1.41. The molecule has 1 amide bonds. The summed E-state index contributed by atoms with van der Waals surface area (Å²) in [6, 6.07) is 2.79. The molecule has 116 valence electrons. The number of nitrogens with one attached hydrogen (secondary N) is 1. The number of benzene rings is 1. The summed E-state index contributed by atoms with van der Waals surface area (Å²) < 4.78 is 41.4. The predicted octanol–water partition coefficient (Wildman–Crippen LogP) is 0.770. The standard InChI is InChI=1S/C13H17FN2O4S/c1-8-13(2,3-4-20-8)16-12(17)9-5-10(14)7-11(6-9)21(15,18)19/h5-8H,3-4H2,1-2H3,(H,16,17)(H2,15,18,19). The van der Waals surface area contributed by atoms with Gasteiger partial charge in [-0.1, -0.05) is 0 Å². The minimum Gasteiger partial charge on any atom is -0.376 e. The van der Waals surface area contributed by atoms with E-state index in [9.17, 15) is 17.6 Å². The number of amides is 1. The summed E-state index contributed by atoms with van der Waals surface area (Å²) >= 11 is 0. The van der Waals surface area contributed by atoms with Gasteiger partial charge in [0.1, 0.15) is 5.82 Å². The van der Waals surface area contributed by atoms with E-state index in [4.69, 9.17) is 9.88 Å². The Bertz CT molecular complexity index is 677. The van der Waals surface area contributed by atoms with Crippen LogP contribution in [0.4, 0.5) is 4.39 Å². The van der Waals surface area contributed by atoms with Crippen LogP contribution in [-0.2, 0) is 14.8 Å². The van der Waals surface area contributed by atoms with Crippen molar-refractivity contribution in [3.8, 4) is 0 Å². The van der Waals surface area contributed by atoms with Crippen molar-refractivity contribution >= 4 is 15.9 Å². The van der Waals surface area contributed by atoms with Gasteiger partial charge in [0, 0.05) is 12.2 Å². The zero-order chi connectivity index (χ0) is 15.8. The predicted molar refractivity (Wildman–Crippen MR) is 73.7 cm³/mol. The largest absolute Gasteiger partial charge is 0.376 e. The minimum absolute atomic E-state index is 0.0978. The number of ether oxygens (including phenoxy) is 1. The highest BCUT2D eigenvalue weighted by atomic mass is 32.2. The maximum absolute atomic E-state index is 13.5. The minimum atomic E-state index is -4.08. The fourth-order valence-corrected chi connectivity index (χ4v) is 2.76. The Morgan fingerprint density at radius 3 is 2.67 bits per heavy atom. The molecular formula is C13H17FN2O4S. The van der Waals surface area contributed by atoms with E-state index >= 15 is 0 Å². The van der Waals surface area contributed by atoms with E-state index < -0.39 is 32.2 Å². The summed E-state index contributed by atoms with van der Waals surface area (Å²) in [4.78, 5) is 11.8. The molecule has 1 saturated heterocycles. The normalized spacial score (nSPS) is 25.8. The van der Waals surface area contributed by atoms with Crippen molar-refractivity contribution in [2.75, 3.05) is 6.61 Å². The Labute approximate surface area is 122 Å². The molecule has 0 bridgehead atoms. The van der Waals surface area contributed by atoms with Crippen LogP contribution in [-0.4, -0.2) is 32.6 Å². The second kappa shape index (κ2) is 5.36. The molecule has 1 aromatic carbocycles. The SMILES string of the molecule is CC1OCCC1(C)NC(=O)c1cc(F)cc(S(N)(=O)=O)c1. The quantitative estimate of drug-likeness (QED) is 0.860. The molecule has 1 heterocycles. The Morgan fingerprint density at radius 1 is 1.48 bits per heavy atom. The monoisotopic (exact) mass is 316 g/mol. The maximum Gasteiger partial charge on any atom is 0.251 e. The first-order chi connectivity index (χ1) is 9.62. The lowest BCUT2D eigenvalue weighted by atomic mass is 9.94. The number of nitrogens with two attached hydrogens (primary N) is 1. The molecule has 3 N–H and O–H groups in total. The number of rotatable bonds is 3. The number of halogens is 1. The summed E-state index contributed by atoms with van der Waals surface area (Å²) in [6.07, 6.45) is 0.435. The molecule has 21 heavy (non-hydrogen) atoms. The van der Waals surface area contributed by atoms with Crippen LogP contribution in [0.3, 0.4) is 0 Å². The van der Waals surface area contributed by atoms with Crippen LogP contribution >= 0.6 is 0 Å². The van der Waals surface area contributed by atoms with Crippen molar-refractivity contribution in [3.05, 3.63) is 29.6 Å². The number of carbonyl (C=O) groups is 1. The van der Waals surface area contributed by atoms with Crippen LogP contribution in [0.25, 0.3) is 0 Å². The zero-order valence-electron chi connectivity index (χ0n) is 11.7. The number of hydrogen-bond acceptors (Lipinski definition) is 4. The lowest BCUT2D eigenvalue weighted by Crippen LogP contribution is -2.50. The second-order valence-corrected chi connectivity index (χ2v) is 6.92. The third-order valence-corrected chi connectivity index (χ3v) is 4.64. The van der Waals surface area contributed by atoms with Crippen molar-refractivity contribution in [1.29, 1.82) is 0 Å². The van der Waals surface area contributed by atoms with Gasteiger partial charge in [-0.05, 0) is 38.5 Å².